The van der Waals surface area contributed by atoms with Gasteiger partial charge in [-0.3, -0.25) is 9.97 Å². The van der Waals surface area contributed by atoms with E-state index in [0.29, 0.717) is 0 Å². The van der Waals surface area contributed by atoms with Gasteiger partial charge in [0, 0.05) is 58.8 Å². The van der Waals surface area contributed by atoms with Gasteiger partial charge in [-0.15, -0.1) is 0 Å². The van der Waals surface area contributed by atoms with Crippen LogP contribution in [0, 0.1) is 20.8 Å². The van der Waals surface area contributed by atoms with E-state index in [-0.39, 0.29) is 0 Å². The Morgan fingerprint density at radius 2 is 1.63 bits per heavy atom. The van der Waals surface area contributed by atoms with Crippen molar-refractivity contribution in [3.8, 4) is 28.1 Å². The number of fused-ring (bicyclic) bond motifs is 3. The predicted octanol–water partition coefficient (Wildman–Crippen LogP) is 5.34. The maximum Gasteiger partial charge on any atom is 0.137 e. The summed E-state index contributed by atoms with van der Waals surface area (Å²) in [5.41, 5.74) is 10.3. The Kier molecular flexibility index (Phi) is 4.07. The third-order valence-corrected chi connectivity index (χ3v) is 5.67. The highest BCUT2D eigenvalue weighted by atomic mass is 15.4. The van der Waals surface area contributed by atoms with Crippen molar-refractivity contribution < 1.29 is 0 Å². The molecular formula is C25H23N5. The molecule has 0 aliphatic carbocycles. The number of anilines is 1. The maximum atomic E-state index is 4.98. The fourth-order valence-electron chi connectivity index (χ4n) is 4.14. The molecule has 0 fully saturated rings. The standard InChI is InChI=1S/C25H23N5/c1-15-11-20(12-16(2)27-15)23-14-25-29(5)18(4)22-9-8-19(13-24(22)30(25)28-23)21-7-6-10-26-17(21)3/h6-14H,4H2,1-3,5H3. The molecule has 4 heterocycles. The van der Waals surface area contributed by atoms with Gasteiger partial charge < -0.3 is 4.90 Å². The van der Waals surface area contributed by atoms with Gasteiger partial charge in [0.2, 0.25) is 0 Å². The van der Waals surface area contributed by atoms with Crippen LogP contribution < -0.4 is 4.90 Å². The van der Waals surface area contributed by atoms with Crippen molar-refractivity contribution in [1.29, 1.82) is 0 Å². The summed E-state index contributed by atoms with van der Waals surface area (Å²) in [5.74, 6) is 0.995. The van der Waals surface area contributed by atoms with Gasteiger partial charge in [0.15, 0.2) is 0 Å². The molecule has 5 nitrogen and oxygen atoms in total. The second kappa shape index (κ2) is 6.66. The van der Waals surface area contributed by atoms with Crippen LogP contribution in [0.3, 0.4) is 0 Å². The second-order valence-corrected chi connectivity index (χ2v) is 7.81. The van der Waals surface area contributed by atoms with E-state index in [2.05, 4.69) is 63.9 Å². The van der Waals surface area contributed by atoms with Crippen molar-refractivity contribution in [2.24, 2.45) is 0 Å². The fourth-order valence-corrected chi connectivity index (χ4v) is 4.14. The van der Waals surface area contributed by atoms with Crippen molar-refractivity contribution in [3.63, 3.8) is 0 Å². The van der Waals surface area contributed by atoms with Gasteiger partial charge in [-0.25, -0.2) is 4.68 Å². The van der Waals surface area contributed by atoms with Crippen LogP contribution in [0.4, 0.5) is 5.82 Å². The topological polar surface area (TPSA) is 46.8 Å². The molecule has 1 aliphatic heterocycles. The molecular weight excluding hydrogens is 370 g/mol. The van der Waals surface area contributed by atoms with E-state index < -0.39 is 0 Å². The molecule has 0 bridgehead atoms. The number of aromatic nitrogens is 4. The number of aryl methyl sites for hydroxylation is 3. The van der Waals surface area contributed by atoms with Gasteiger partial charge in [-0.1, -0.05) is 24.8 Å². The van der Waals surface area contributed by atoms with Crippen molar-refractivity contribution in [3.05, 3.63) is 84.0 Å². The Labute approximate surface area is 176 Å². The summed E-state index contributed by atoms with van der Waals surface area (Å²) in [7, 11) is 2.03. The van der Waals surface area contributed by atoms with E-state index in [1.807, 2.05) is 44.8 Å². The molecule has 0 N–H and O–H groups in total. The van der Waals surface area contributed by atoms with Crippen LogP contribution in [0.25, 0.3) is 33.8 Å². The number of pyridine rings is 2. The Morgan fingerprint density at radius 1 is 0.867 bits per heavy atom. The van der Waals surface area contributed by atoms with E-state index in [1.54, 1.807) is 0 Å². The first-order chi connectivity index (χ1) is 14.4. The van der Waals surface area contributed by atoms with Crippen LogP contribution in [0.15, 0.2) is 61.3 Å². The largest absolute Gasteiger partial charge is 0.329 e. The third-order valence-electron chi connectivity index (χ3n) is 5.67. The molecule has 30 heavy (non-hydrogen) atoms. The maximum absolute atomic E-state index is 4.98. The molecule has 0 amide bonds. The van der Waals surface area contributed by atoms with Crippen LogP contribution in [0.2, 0.25) is 0 Å². The highest BCUT2D eigenvalue weighted by molar-refractivity contribution is 5.88. The smallest absolute Gasteiger partial charge is 0.137 e. The van der Waals surface area contributed by atoms with Gasteiger partial charge in [0.05, 0.1) is 11.4 Å². The van der Waals surface area contributed by atoms with Crippen LogP contribution in [-0.4, -0.2) is 26.8 Å². The minimum absolute atomic E-state index is 0.925. The predicted molar refractivity (Wildman–Crippen MR) is 122 cm³/mol. The SMILES string of the molecule is C=C1c2ccc(-c3cccnc3C)cc2-n2nc(-c3cc(C)nc(C)c3)cc2N1C. The van der Waals surface area contributed by atoms with E-state index in [9.17, 15) is 0 Å². The monoisotopic (exact) mass is 393 g/mol. The zero-order chi connectivity index (χ0) is 21.0. The van der Waals surface area contributed by atoms with Crippen molar-refractivity contribution in [2.45, 2.75) is 20.8 Å². The lowest BCUT2D eigenvalue weighted by atomic mass is 9.99. The number of hydrogen-bond acceptors (Lipinski definition) is 4. The number of nitrogens with zero attached hydrogens (tertiary/aromatic N) is 5. The highest BCUT2D eigenvalue weighted by Crippen LogP contribution is 2.39. The molecule has 0 radical (unpaired) electrons. The normalized spacial score (nSPS) is 12.7. The number of benzene rings is 1. The van der Waals surface area contributed by atoms with E-state index in [1.165, 1.54) is 0 Å². The summed E-state index contributed by atoms with van der Waals surface area (Å²) in [6.45, 7) is 10.4. The molecule has 0 saturated carbocycles. The Hall–Kier alpha value is -3.73. The first-order valence-corrected chi connectivity index (χ1v) is 9.97. The van der Waals surface area contributed by atoms with Gasteiger partial charge in [-0.05, 0) is 50.6 Å². The summed E-state index contributed by atoms with van der Waals surface area (Å²) >= 11 is 0. The van der Waals surface area contributed by atoms with Crippen LogP contribution in [0.5, 0.6) is 0 Å². The first kappa shape index (κ1) is 18.3. The summed E-state index contributed by atoms with van der Waals surface area (Å²) < 4.78 is 2.01. The minimum Gasteiger partial charge on any atom is -0.329 e. The van der Waals surface area contributed by atoms with Crippen molar-refractivity contribution in [2.75, 3.05) is 11.9 Å². The van der Waals surface area contributed by atoms with E-state index >= 15 is 0 Å². The molecule has 3 aromatic heterocycles. The lowest BCUT2D eigenvalue weighted by Crippen LogP contribution is -2.24. The molecule has 0 atom stereocenters. The van der Waals surface area contributed by atoms with Crippen molar-refractivity contribution >= 4 is 11.5 Å². The summed E-state index contributed by atoms with van der Waals surface area (Å²) in [6.07, 6.45) is 1.82. The molecule has 0 saturated heterocycles. The molecule has 5 heteroatoms. The molecule has 1 aliphatic rings. The Morgan fingerprint density at radius 3 is 2.37 bits per heavy atom. The van der Waals surface area contributed by atoms with Gasteiger partial charge in [0.25, 0.3) is 0 Å². The van der Waals surface area contributed by atoms with Gasteiger partial charge in [0.1, 0.15) is 5.82 Å². The van der Waals surface area contributed by atoms with E-state index in [0.717, 1.165) is 62.2 Å². The Bertz CT molecular complexity index is 1290. The zero-order valence-electron chi connectivity index (χ0n) is 17.6. The average Bonchev–Trinajstić information content (AvgIpc) is 3.17. The summed E-state index contributed by atoms with van der Waals surface area (Å²) in [5, 5.41) is 4.98. The van der Waals surface area contributed by atoms with E-state index in [4.69, 9.17) is 5.10 Å². The third kappa shape index (κ3) is 2.82. The average molecular weight is 393 g/mol. The molecule has 4 aromatic rings. The molecule has 0 spiro atoms. The van der Waals surface area contributed by atoms with Gasteiger partial charge >= 0.3 is 0 Å². The highest BCUT2D eigenvalue weighted by Gasteiger charge is 2.26. The van der Waals surface area contributed by atoms with Crippen molar-refractivity contribution in [1.82, 2.24) is 19.7 Å². The van der Waals surface area contributed by atoms with Crippen LogP contribution in [0.1, 0.15) is 22.6 Å². The second-order valence-electron chi connectivity index (χ2n) is 7.81. The quantitative estimate of drug-likeness (QED) is 0.461. The summed E-state index contributed by atoms with van der Waals surface area (Å²) in [6, 6.07) is 16.8. The minimum atomic E-state index is 0.925. The molecule has 0 unspecified atom stereocenters. The molecule has 5 rings (SSSR count). The first-order valence-electron chi connectivity index (χ1n) is 9.97. The lowest BCUT2D eigenvalue weighted by molar-refractivity contribution is 0.850. The molecule has 148 valence electrons. The summed E-state index contributed by atoms with van der Waals surface area (Å²) in [4.78, 5) is 11.0. The fraction of sp³-hybridized carbons (Fsp3) is 0.160. The van der Waals surface area contributed by atoms with Gasteiger partial charge in [-0.2, -0.15) is 5.10 Å². The molecule has 1 aromatic carbocycles. The van der Waals surface area contributed by atoms with Crippen LogP contribution >= 0.6 is 0 Å². The van der Waals surface area contributed by atoms with Crippen LogP contribution in [-0.2, 0) is 0 Å². The zero-order valence-corrected chi connectivity index (χ0v) is 17.6. The number of hydrogen-bond donors (Lipinski definition) is 0. The lowest BCUT2D eigenvalue weighted by Gasteiger charge is -2.30. The Balaban J connectivity index is 1.70. The number of rotatable bonds is 2.